The molecule has 2 nitrogen and oxygen atoms in total. The summed E-state index contributed by atoms with van der Waals surface area (Å²) in [4.78, 5) is 0. The Kier molecular flexibility index (Phi) is 2.98. The zero-order chi connectivity index (χ0) is 11.6. The summed E-state index contributed by atoms with van der Waals surface area (Å²) in [6.45, 7) is 4.64. The summed E-state index contributed by atoms with van der Waals surface area (Å²) >= 11 is 0. The lowest BCUT2D eigenvalue weighted by Crippen LogP contribution is -2.53. The van der Waals surface area contributed by atoms with Gasteiger partial charge in [-0.2, -0.15) is 0 Å². The van der Waals surface area contributed by atoms with Crippen molar-refractivity contribution in [3.63, 3.8) is 0 Å². The summed E-state index contributed by atoms with van der Waals surface area (Å²) in [7, 11) is -1.72. The minimum atomic E-state index is -1.72. The molecule has 2 aromatic rings. The van der Waals surface area contributed by atoms with E-state index in [4.69, 9.17) is 4.42 Å². The Morgan fingerprint density at radius 3 is 2.56 bits per heavy atom. The lowest BCUT2D eigenvalue weighted by atomic mass is 10.2. The van der Waals surface area contributed by atoms with Crippen LogP contribution in [0.5, 0.6) is 0 Å². The van der Waals surface area contributed by atoms with E-state index in [1.165, 1.54) is 10.4 Å². The van der Waals surface area contributed by atoms with Gasteiger partial charge in [0.1, 0.15) is 8.07 Å². The number of aliphatic hydroxyl groups is 1. The highest BCUT2D eigenvalue weighted by Crippen LogP contribution is 2.09. The van der Waals surface area contributed by atoms with Gasteiger partial charge in [0.05, 0.1) is 19.1 Å². The average molecular weight is 232 g/mol. The van der Waals surface area contributed by atoms with Gasteiger partial charge in [-0.3, -0.25) is 0 Å². The maximum atomic E-state index is 9.38. The van der Waals surface area contributed by atoms with Crippen LogP contribution in [0.4, 0.5) is 0 Å². The van der Waals surface area contributed by atoms with E-state index in [0.29, 0.717) is 0 Å². The fraction of sp³-hybridized carbons (Fsp3) is 0.231. The average Bonchev–Trinajstić information content (AvgIpc) is 2.83. The van der Waals surface area contributed by atoms with Crippen molar-refractivity contribution in [2.75, 3.05) is 0 Å². The van der Waals surface area contributed by atoms with Crippen LogP contribution in [0.3, 0.4) is 0 Å². The van der Waals surface area contributed by atoms with Crippen LogP contribution in [0.1, 0.15) is 5.56 Å². The fourth-order valence-corrected chi connectivity index (χ4v) is 4.68. The van der Waals surface area contributed by atoms with E-state index in [9.17, 15) is 5.11 Å². The molecule has 0 atom stereocenters. The largest absolute Gasteiger partial charge is 0.473 e. The molecule has 0 bridgehead atoms. The Morgan fingerprint density at radius 2 is 1.94 bits per heavy atom. The zero-order valence-corrected chi connectivity index (χ0v) is 10.6. The highest BCUT2D eigenvalue weighted by molar-refractivity contribution is 7.00. The van der Waals surface area contributed by atoms with Crippen LogP contribution in [0.25, 0.3) is 0 Å². The van der Waals surface area contributed by atoms with Crippen molar-refractivity contribution in [2.24, 2.45) is 0 Å². The second-order valence-electron chi connectivity index (χ2n) is 4.45. The smallest absolute Gasteiger partial charge is 0.116 e. The van der Waals surface area contributed by atoms with E-state index in [-0.39, 0.29) is 6.61 Å². The first-order valence-corrected chi connectivity index (χ1v) is 8.38. The van der Waals surface area contributed by atoms with Crippen molar-refractivity contribution < 1.29 is 9.52 Å². The minimum Gasteiger partial charge on any atom is -0.473 e. The minimum absolute atomic E-state index is 0.102. The molecule has 3 heteroatoms. The van der Waals surface area contributed by atoms with Gasteiger partial charge in [-0.05, 0) is 22.0 Å². The van der Waals surface area contributed by atoms with Gasteiger partial charge in [0.15, 0.2) is 0 Å². The molecule has 0 aliphatic carbocycles. The molecule has 1 aromatic heterocycles. The Bertz CT molecular complexity index is 461. The number of rotatable bonds is 3. The molecule has 0 fully saturated rings. The van der Waals surface area contributed by atoms with Crippen molar-refractivity contribution >= 4 is 18.4 Å². The first-order valence-electron chi connectivity index (χ1n) is 5.38. The van der Waals surface area contributed by atoms with Crippen molar-refractivity contribution in [1.29, 1.82) is 0 Å². The van der Waals surface area contributed by atoms with Crippen LogP contribution < -0.4 is 10.4 Å². The molecule has 84 valence electrons. The third kappa shape index (κ3) is 1.84. The van der Waals surface area contributed by atoms with Crippen LogP contribution in [0.2, 0.25) is 13.1 Å². The molecule has 0 saturated carbocycles. The number of hydrogen-bond donors (Lipinski definition) is 1. The third-order valence-corrected chi connectivity index (χ3v) is 6.67. The summed E-state index contributed by atoms with van der Waals surface area (Å²) in [6.07, 6.45) is 3.53. The predicted molar refractivity (Wildman–Crippen MR) is 67.8 cm³/mol. The number of benzene rings is 1. The van der Waals surface area contributed by atoms with Gasteiger partial charge >= 0.3 is 0 Å². The van der Waals surface area contributed by atoms with Crippen LogP contribution in [0, 0.1) is 0 Å². The fourth-order valence-electron chi connectivity index (χ4n) is 2.04. The SMILES string of the molecule is C[Si](C)(c1ccoc1)c1ccccc1CO. The van der Waals surface area contributed by atoms with Gasteiger partial charge < -0.3 is 9.52 Å². The molecule has 0 aliphatic rings. The molecule has 0 unspecified atom stereocenters. The molecule has 0 amide bonds. The normalized spacial score (nSPS) is 11.7. The first-order chi connectivity index (χ1) is 7.66. The molecule has 16 heavy (non-hydrogen) atoms. The number of hydrogen-bond acceptors (Lipinski definition) is 2. The van der Waals surface area contributed by atoms with E-state index in [1.54, 1.807) is 6.26 Å². The van der Waals surface area contributed by atoms with Gasteiger partial charge in [0.2, 0.25) is 0 Å². The van der Waals surface area contributed by atoms with Gasteiger partial charge in [-0.15, -0.1) is 0 Å². The molecule has 0 spiro atoms. The van der Waals surface area contributed by atoms with E-state index < -0.39 is 8.07 Å². The molecule has 1 N–H and O–H groups in total. The summed E-state index contributed by atoms with van der Waals surface area (Å²) in [5.41, 5.74) is 1.03. The quantitative estimate of drug-likeness (QED) is 0.815. The maximum Gasteiger partial charge on any atom is 0.116 e. The Hall–Kier alpha value is -1.32. The molecule has 0 radical (unpaired) electrons. The maximum absolute atomic E-state index is 9.38. The second-order valence-corrected chi connectivity index (χ2v) is 8.82. The summed E-state index contributed by atoms with van der Waals surface area (Å²) < 4.78 is 5.17. The third-order valence-electron chi connectivity index (χ3n) is 3.10. The van der Waals surface area contributed by atoms with Gasteiger partial charge in [0, 0.05) is 0 Å². The molecule has 1 heterocycles. The molecule has 1 aromatic carbocycles. The van der Waals surface area contributed by atoms with Gasteiger partial charge in [-0.1, -0.05) is 37.4 Å². The summed E-state index contributed by atoms with van der Waals surface area (Å²) in [6, 6.07) is 10.1. The topological polar surface area (TPSA) is 33.4 Å². The zero-order valence-electron chi connectivity index (χ0n) is 9.60. The van der Waals surface area contributed by atoms with Crippen LogP contribution in [0.15, 0.2) is 47.3 Å². The Balaban J connectivity index is 2.51. The highest BCUT2D eigenvalue weighted by atomic mass is 28.3. The number of aliphatic hydroxyl groups excluding tert-OH is 1. The van der Waals surface area contributed by atoms with E-state index in [1.807, 2.05) is 30.5 Å². The van der Waals surface area contributed by atoms with Gasteiger partial charge in [-0.25, -0.2) is 0 Å². The van der Waals surface area contributed by atoms with Crippen molar-refractivity contribution in [2.45, 2.75) is 19.7 Å². The molecule has 2 rings (SSSR count). The molecule has 0 aliphatic heterocycles. The summed E-state index contributed by atoms with van der Waals surface area (Å²) in [5.74, 6) is 0. The van der Waals surface area contributed by atoms with Crippen molar-refractivity contribution in [1.82, 2.24) is 0 Å². The molecular weight excluding hydrogens is 216 g/mol. The second kappa shape index (κ2) is 4.27. The monoisotopic (exact) mass is 232 g/mol. The lowest BCUT2D eigenvalue weighted by Gasteiger charge is -2.23. The first kappa shape index (κ1) is 11.2. The standard InChI is InChI=1S/C13H16O2Si/c1-16(2,12-7-8-15-10-12)13-6-4-3-5-11(13)9-14/h3-8,10,14H,9H2,1-2H3. The van der Waals surface area contributed by atoms with E-state index in [2.05, 4.69) is 19.2 Å². The van der Waals surface area contributed by atoms with E-state index in [0.717, 1.165) is 5.56 Å². The van der Waals surface area contributed by atoms with Crippen molar-refractivity contribution in [3.05, 3.63) is 48.4 Å². The Labute approximate surface area is 96.6 Å². The number of furan rings is 1. The van der Waals surface area contributed by atoms with Crippen LogP contribution in [-0.2, 0) is 6.61 Å². The highest BCUT2D eigenvalue weighted by Gasteiger charge is 2.28. The van der Waals surface area contributed by atoms with Crippen molar-refractivity contribution in [3.8, 4) is 0 Å². The molecular formula is C13H16O2Si. The lowest BCUT2D eigenvalue weighted by molar-refractivity contribution is 0.283. The van der Waals surface area contributed by atoms with Gasteiger partial charge in [0.25, 0.3) is 0 Å². The predicted octanol–water partition coefficient (Wildman–Crippen LogP) is 1.59. The Morgan fingerprint density at radius 1 is 1.19 bits per heavy atom. The van der Waals surface area contributed by atoms with E-state index >= 15 is 0 Å². The molecule has 0 saturated heterocycles. The van der Waals surface area contributed by atoms with Crippen LogP contribution >= 0.6 is 0 Å². The summed E-state index contributed by atoms with van der Waals surface area (Å²) in [5, 5.41) is 11.9. The van der Waals surface area contributed by atoms with Crippen LogP contribution in [-0.4, -0.2) is 13.2 Å².